The lowest BCUT2D eigenvalue weighted by molar-refractivity contribution is -0.238. The fourth-order valence-electron chi connectivity index (χ4n) is 3.75. The summed E-state index contributed by atoms with van der Waals surface area (Å²) < 4.78 is 46.2. The molecule has 26 heavy (non-hydrogen) atoms. The first kappa shape index (κ1) is 18.7. The summed E-state index contributed by atoms with van der Waals surface area (Å²) in [6.45, 7) is 2.30. The van der Waals surface area contributed by atoms with Crippen molar-refractivity contribution < 1.29 is 22.7 Å². The van der Waals surface area contributed by atoms with Gasteiger partial charge in [0, 0.05) is 5.56 Å². The number of fused-ring (bicyclic) bond motifs is 1. The minimum atomic E-state index is -4.64. The van der Waals surface area contributed by atoms with E-state index in [0.29, 0.717) is 12.8 Å². The maximum absolute atomic E-state index is 13.5. The third kappa shape index (κ3) is 2.97. The smallest absolute Gasteiger partial charge is 0.404 e. The van der Waals surface area contributed by atoms with Crippen molar-refractivity contribution in [3.05, 3.63) is 48.0 Å². The van der Waals surface area contributed by atoms with E-state index in [1.165, 1.54) is 6.92 Å². The van der Waals surface area contributed by atoms with Crippen LogP contribution >= 0.6 is 0 Å². The molecule has 0 N–H and O–H groups in total. The van der Waals surface area contributed by atoms with Crippen LogP contribution in [0.25, 0.3) is 10.8 Å². The average molecular weight is 364 g/mol. The second-order valence-corrected chi connectivity index (χ2v) is 7.30. The van der Waals surface area contributed by atoms with E-state index in [1.807, 2.05) is 42.5 Å². The lowest BCUT2D eigenvalue weighted by Gasteiger charge is -2.36. The Morgan fingerprint density at radius 2 is 1.69 bits per heavy atom. The predicted octanol–water partition coefficient (Wildman–Crippen LogP) is 6.13. The first-order chi connectivity index (χ1) is 12.2. The highest BCUT2D eigenvalue weighted by Gasteiger charge is 2.58. The van der Waals surface area contributed by atoms with Gasteiger partial charge in [-0.05, 0) is 49.8 Å². The van der Waals surface area contributed by atoms with Gasteiger partial charge in [-0.15, -0.1) is 0 Å². The number of ether oxygens (including phenoxy) is 1. The molecule has 0 saturated heterocycles. The molecule has 0 bridgehead atoms. The number of alkyl halides is 3. The van der Waals surface area contributed by atoms with Crippen LogP contribution in [0.1, 0.15) is 51.5 Å². The van der Waals surface area contributed by atoms with E-state index in [-0.39, 0.29) is 6.42 Å². The van der Waals surface area contributed by atoms with Gasteiger partial charge in [0.1, 0.15) is 5.60 Å². The number of rotatable bonds is 4. The SMILES string of the molecule is CCC(C)(C(=O)OC1(c2cccc3ccccc23)CCCC1)C(F)(F)F. The van der Waals surface area contributed by atoms with E-state index in [2.05, 4.69) is 0 Å². The molecule has 0 spiro atoms. The summed E-state index contributed by atoms with van der Waals surface area (Å²) in [5, 5.41) is 1.91. The van der Waals surface area contributed by atoms with E-state index in [9.17, 15) is 18.0 Å². The second-order valence-electron chi connectivity index (χ2n) is 7.30. The number of carbonyl (C=O) groups excluding carboxylic acids is 1. The molecule has 0 heterocycles. The van der Waals surface area contributed by atoms with E-state index < -0.39 is 23.2 Å². The third-order valence-electron chi connectivity index (χ3n) is 5.76. The Morgan fingerprint density at radius 1 is 1.08 bits per heavy atom. The Balaban J connectivity index is 2.05. The molecule has 1 atom stereocenters. The molecule has 1 aliphatic rings. The molecule has 0 amide bonds. The zero-order valence-corrected chi connectivity index (χ0v) is 15.0. The molecule has 0 aromatic heterocycles. The van der Waals surface area contributed by atoms with E-state index in [1.54, 1.807) is 0 Å². The summed E-state index contributed by atoms with van der Waals surface area (Å²) in [5.41, 5.74) is -2.67. The Labute approximate surface area is 151 Å². The minimum absolute atomic E-state index is 0.346. The Hall–Kier alpha value is -2.04. The molecule has 0 radical (unpaired) electrons. The Kier molecular flexibility index (Phi) is 4.76. The maximum atomic E-state index is 13.5. The van der Waals surface area contributed by atoms with Crippen LogP contribution in [0.2, 0.25) is 0 Å². The summed E-state index contributed by atoms with van der Waals surface area (Å²) in [5.74, 6) is -1.18. The van der Waals surface area contributed by atoms with Crippen molar-refractivity contribution in [2.75, 3.05) is 0 Å². The van der Waals surface area contributed by atoms with Crippen LogP contribution in [-0.4, -0.2) is 12.1 Å². The first-order valence-electron chi connectivity index (χ1n) is 9.02. The first-order valence-corrected chi connectivity index (χ1v) is 9.02. The van der Waals surface area contributed by atoms with Crippen molar-refractivity contribution in [3.8, 4) is 0 Å². The lowest BCUT2D eigenvalue weighted by atomic mass is 9.84. The quantitative estimate of drug-likeness (QED) is 0.610. The van der Waals surface area contributed by atoms with Crippen molar-refractivity contribution in [1.29, 1.82) is 0 Å². The van der Waals surface area contributed by atoms with E-state index >= 15 is 0 Å². The van der Waals surface area contributed by atoms with Gasteiger partial charge in [0.05, 0.1) is 0 Å². The Bertz CT molecular complexity index is 801. The van der Waals surface area contributed by atoms with Crippen molar-refractivity contribution in [1.82, 2.24) is 0 Å². The van der Waals surface area contributed by atoms with Gasteiger partial charge in [-0.2, -0.15) is 13.2 Å². The summed E-state index contributed by atoms with van der Waals surface area (Å²) >= 11 is 0. The molecule has 2 nitrogen and oxygen atoms in total. The highest BCUT2D eigenvalue weighted by molar-refractivity contribution is 5.87. The molecular weight excluding hydrogens is 341 g/mol. The summed E-state index contributed by atoms with van der Waals surface area (Å²) in [7, 11) is 0. The normalized spacial score (nSPS) is 19.3. The number of hydrogen-bond acceptors (Lipinski definition) is 2. The number of benzene rings is 2. The molecule has 2 aromatic rings. The van der Waals surface area contributed by atoms with Crippen molar-refractivity contribution in [3.63, 3.8) is 0 Å². The third-order valence-corrected chi connectivity index (χ3v) is 5.76. The molecule has 1 fully saturated rings. The number of hydrogen-bond donors (Lipinski definition) is 0. The van der Waals surface area contributed by atoms with Gasteiger partial charge in [-0.3, -0.25) is 4.79 Å². The molecule has 3 rings (SSSR count). The standard InChI is InChI=1S/C21H23F3O2/c1-3-19(2,21(22,23)24)18(25)26-20(13-6-7-14-20)17-12-8-10-15-9-4-5-11-16(15)17/h4-5,8-12H,3,6-7,13-14H2,1-2H3. The van der Waals surface area contributed by atoms with Crippen molar-refractivity contribution >= 4 is 16.7 Å². The molecule has 5 heteroatoms. The lowest BCUT2D eigenvalue weighted by Crippen LogP contribution is -2.46. The minimum Gasteiger partial charge on any atom is -0.453 e. The molecule has 140 valence electrons. The fourth-order valence-corrected chi connectivity index (χ4v) is 3.75. The van der Waals surface area contributed by atoms with Gasteiger partial charge in [0.25, 0.3) is 0 Å². The van der Waals surface area contributed by atoms with Crippen LogP contribution in [0.3, 0.4) is 0 Å². The van der Waals surface area contributed by atoms with Gasteiger partial charge >= 0.3 is 12.1 Å². The summed E-state index contributed by atoms with van der Waals surface area (Å²) in [6.07, 6.45) is -2.25. The highest BCUT2D eigenvalue weighted by Crippen LogP contribution is 2.48. The van der Waals surface area contributed by atoms with Gasteiger partial charge in [0.15, 0.2) is 5.41 Å². The van der Waals surface area contributed by atoms with Crippen LogP contribution in [0, 0.1) is 5.41 Å². The molecule has 1 unspecified atom stereocenters. The van der Waals surface area contributed by atoms with Crippen LogP contribution < -0.4 is 0 Å². The van der Waals surface area contributed by atoms with Gasteiger partial charge in [-0.25, -0.2) is 0 Å². The van der Waals surface area contributed by atoms with Crippen molar-refractivity contribution in [2.45, 2.75) is 57.7 Å². The molecule has 2 aromatic carbocycles. The largest absolute Gasteiger partial charge is 0.453 e. The number of carbonyl (C=O) groups is 1. The maximum Gasteiger partial charge on any atom is 0.404 e. The predicted molar refractivity (Wildman–Crippen MR) is 94.6 cm³/mol. The number of halogens is 3. The van der Waals surface area contributed by atoms with E-state index in [4.69, 9.17) is 4.74 Å². The highest BCUT2D eigenvalue weighted by atomic mass is 19.4. The molecule has 1 aliphatic carbocycles. The number of esters is 1. The van der Waals surface area contributed by atoms with Crippen LogP contribution in [0.15, 0.2) is 42.5 Å². The van der Waals surface area contributed by atoms with E-state index in [0.717, 1.165) is 36.1 Å². The van der Waals surface area contributed by atoms with Crippen LogP contribution in [0.5, 0.6) is 0 Å². The summed E-state index contributed by atoms with van der Waals surface area (Å²) in [4.78, 5) is 12.7. The molecule has 1 saturated carbocycles. The monoisotopic (exact) mass is 364 g/mol. The van der Waals surface area contributed by atoms with Gasteiger partial charge in [0.2, 0.25) is 0 Å². The zero-order chi connectivity index (χ0) is 19.0. The van der Waals surface area contributed by atoms with Crippen LogP contribution in [0.4, 0.5) is 13.2 Å². The molecule has 0 aliphatic heterocycles. The molecular formula is C21H23F3O2. The zero-order valence-electron chi connectivity index (χ0n) is 15.0. The van der Waals surface area contributed by atoms with Crippen molar-refractivity contribution in [2.24, 2.45) is 5.41 Å². The second kappa shape index (κ2) is 6.60. The van der Waals surface area contributed by atoms with Gasteiger partial charge in [-0.1, -0.05) is 49.4 Å². The summed E-state index contributed by atoms with van der Waals surface area (Å²) in [6, 6.07) is 13.4. The Morgan fingerprint density at radius 3 is 2.31 bits per heavy atom. The topological polar surface area (TPSA) is 26.3 Å². The average Bonchev–Trinajstić information content (AvgIpc) is 3.08. The van der Waals surface area contributed by atoms with Gasteiger partial charge < -0.3 is 4.74 Å². The van der Waals surface area contributed by atoms with Crippen LogP contribution in [-0.2, 0) is 15.1 Å². The fraction of sp³-hybridized carbons (Fsp3) is 0.476.